The summed E-state index contributed by atoms with van der Waals surface area (Å²) in [6.45, 7) is 1.42. The highest BCUT2D eigenvalue weighted by Gasteiger charge is 2.14. The Hall–Kier alpha value is -3.92. The zero-order valence-corrected chi connectivity index (χ0v) is 19.7. The summed E-state index contributed by atoms with van der Waals surface area (Å²) in [6, 6.07) is 7.94. The predicted molar refractivity (Wildman–Crippen MR) is 135 cm³/mol. The average molecular weight is 493 g/mol. The molecule has 0 atom stereocenters. The number of aromatic nitrogens is 5. The second-order valence-corrected chi connectivity index (χ2v) is 8.74. The van der Waals surface area contributed by atoms with Gasteiger partial charge >= 0.3 is 0 Å². The zero-order chi connectivity index (χ0) is 24.2. The van der Waals surface area contributed by atoms with Crippen molar-refractivity contribution in [3.8, 4) is 0 Å². The summed E-state index contributed by atoms with van der Waals surface area (Å²) in [5.41, 5.74) is 3.33. The average Bonchev–Trinajstić information content (AvgIpc) is 3.34. The van der Waals surface area contributed by atoms with Crippen LogP contribution in [0.1, 0.15) is 23.4 Å². The van der Waals surface area contributed by atoms with Gasteiger partial charge in [0.2, 0.25) is 5.91 Å². The lowest BCUT2D eigenvalue weighted by Crippen LogP contribution is -2.34. The van der Waals surface area contributed by atoms with Crippen molar-refractivity contribution in [2.45, 2.75) is 32.4 Å². The molecule has 5 rings (SSSR count). The Bertz CT molecular complexity index is 1430. The summed E-state index contributed by atoms with van der Waals surface area (Å²) in [5, 5.41) is 10.3. The molecule has 0 saturated heterocycles. The Labute approximate surface area is 206 Å². The highest BCUT2D eigenvalue weighted by atomic mass is 35.5. The molecule has 0 radical (unpaired) electrons. The normalized spacial score (nSPS) is 12.7. The molecular weight excluding hydrogens is 468 g/mol. The van der Waals surface area contributed by atoms with Crippen LogP contribution in [0.4, 0.5) is 11.6 Å². The van der Waals surface area contributed by atoms with Crippen molar-refractivity contribution in [1.29, 1.82) is 0 Å². The van der Waals surface area contributed by atoms with Gasteiger partial charge in [-0.25, -0.2) is 9.97 Å². The predicted octanol–water partition coefficient (Wildman–Crippen LogP) is 2.50. The number of aryl methyl sites for hydroxylation is 1. The van der Waals surface area contributed by atoms with Crippen LogP contribution in [0.3, 0.4) is 0 Å². The van der Waals surface area contributed by atoms with Gasteiger partial charge in [-0.3, -0.25) is 19.1 Å². The van der Waals surface area contributed by atoms with E-state index >= 15 is 0 Å². The Morgan fingerprint density at radius 1 is 1.17 bits per heavy atom. The third kappa shape index (κ3) is 5.27. The number of aromatic amines is 1. The maximum Gasteiger partial charge on any atom is 0.294 e. The van der Waals surface area contributed by atoms with Gasteiger partial charge in [0.05, 0.1) is 30.1 Å². The van der Waals surface area contributed by atoms with Crippen LogP contribution < -0.4 is 21.5 Å². The largest absolute Gasteiger partial charge is 0.370 e. The van der Waals surface area contributed by atoms with E-state index in [1.165, 1.54) is 16.3 Å². The van der Waals surface area contributed by atoms with Gasteiger partial charge in [-0.2, -0.15) is 0 Å². The number of carbonyl (C=O) groups is 1. The molecule has 0 spiro atoms. The molecule has 0 aliphatic carbocycles. The number of anilines is 2. The summed E-state index contributed by atoms with van der Waals surface area (Å²) in [7, 11) is 0. The monoisotopic (exact) mass is 492 g/mol. The van der Waals surface area contributed by atoms with Crippen LogP contribution in [0.25, 0.3) is 10.9 Å². The number of nitrogens with one attached hydrogen (secondary N) is 4. The van der Waals surface area contributed by atoms with Gasteiger partial charge in [0.1, 0.15) is 17.5 Å². The molecule has 10 nitrogen and oxygen atoms in total. The van der Waals surface area contributed by atoms with E-state index in [0.717, 1.165) is 41.8 Å². The topological polar surface area (TPSA) is 130 Å². The van der Waals surface area contributed by atoms with E-state index < -0.39 is 5.56 Å². The fourth-order valence-corrected chi connectivity index (χ4v) is 4.22. The molecule has 1 aliphatic rings. The van der Waals surface area contributed by atoms with E-state index in [2.05, 4.69) is 42.0 Å². The van der Waals surface area contributed by atoms with Gasteiger partial charge in [0.15, 0.2) is 5.82 Å². The Balaban J connectivity index is 1.18. The van der Waals surface area contributed by atoms with Gasteiger partial charge in [0.25, 0.3) is 5.56 Å². The summed E-state index contributed by atoms with van der Waals surface area (Å²) >= 11 is 6.17. The Kier molecular flexibility index (Phi) is 6.62. The molecule has 1 amide bonds. The second kappa shape index (κ2) is 10.1. The van der Waals surface area contributed by atoms with Gasteiger partial charge in [-0.1, -0.05) is 17.7 Å². The summed E-state index contributed by atoms with van der Waals surface area (Å²) in [6.07, 6.45) is 7.68. The van der Waals surface area contributed by atoms with Crippen LogP contribution >= 0.6 is 11.6 Å². The fraction of sp³-hybridized carbons (Fsp3) is 0.292. The van der Waals surface area contributed by atoms with Gasteiger partial charge in [-0.15, -0.1) is 0 Å². The van der Waals surface area contributed by atoms with Crippen LogP contribution in [-0.4, -0.2) is 43.5 Å². The summed E-state index contributed by atoms with van der Waals surface area (Å²) < 4.78 is 1.19. The molecule has 0 bridgehead atoms. The van der Waals surface area contributed by atoms with E-state index in [4.69, 9.17) is 11.6 Å². The maximum absolute atomic E-state index is 12.9. The molecule has 4 N–H and O–H groups in total. The van der Waals surface area contributed by atoms with E-state index in [9.17, 15) is 9.59 Å². The third-order valence-electron chi connectivity index (χ3n) is 5.89. The second-order valence-electron chi connectivity index (χ2n) is 8.36. The Morgan fingerprint density at radius 3 is 3.00 bits per heavy atom. The van der Waals surface area contributed by atoms with Crippen molar-refractivity contribution in [2.75, 3.05) is 23.7 Å². The number of amides is 1. The first-order chi connectivity index (χ1) is 17.1. The molecular formula is C24H25ClN8O2. The molecule has 4 aromatic heterocycles. The van der Waals surface area contributed by atoms with Crippen LogP contribution in [-0.2, 0) is 30.7 Å². The van der Waals surface area contributed by atoms with Crippen LogP contribution in [0.15, 0.2) is 47.7 Å². The molecule has 35 heavy (non-hydrogen) atoms. The van der Waals surface area contributed by atoms with Crippen molar-refractivity contribution >= 4 is 40.0 Å². The highest BCUT2D eigenvalue weighted by Crippen LogP contribution is 2.19. The van der Waals surface area contributed by atoms with Crippen molar-refractivity contribution < 1.29 is 4.79 Å². The van der Waals surface area contributed by atoms with Crippen LogP contribution in [0.5, 0.6) is 0 Å². The number of hydrogen-bond donors (Lipinski definition) is 4. The number of carbonyl (C=O) groups excluding carboxylic acids is 1. The fourth-order valence-electron chi connectivity index (χ4n) is 4.03. The number of nitrogens with zero attached hydrogens (tertiary/aromatic N) is 4. The molecule has 180 valence electrons. The molecule has 5 heterocycles. The Morgan fingerprint density at radius 2 is 2.09 bits per heavy atom. The molecule has 0 aromatic carbocycles. The molecule has 1 aliphatic heterocycles. The van der Waals surface area contributed by atoms with Crippen molar-refractivity contribution in [1.82, 2.24) is 29.8 Å². The number of hydrogen-bond acceptors (Lipinski definition) is 7. The van der Waals surface area contributed by atoms with Crippen molar-refractivity contribution in [3.05, 3.63) is 75.3 Å². The molecule has 0 fully saturated rings. The maximum atomic E-state index is 12.9. The lowest BCUT2D eigenvalue weighted by atomic mass is 10.1. The molecule has 11 heteroatoms. The highest BCUT2D eigenvalue weighted by molar-refractivity contribution is 6.29. The molecule has 0 unspecified atom stereocenters. The van der Waals surface area contributed by atoms with Crippen LogP contribution in [0.2, 0.25) is 5.15 Å². The van der Waals surface area contributed by atoms with Crippen molar-refractivity contribution in [2.24, 2.45) is 0 Å². The number of pyridine rings is 2. The number of H-pyrrole nitrogens is 1. The number of halogens is 1. The minimum atomic E-state index is -0.459. The summed E-state index contributed by atoms with van der Waals surface area (Å²) in [4.78, 5) is 41.6. The van der Waals surface area contributed by atoms with Gasteiger partial charge < -0.3 is 20.9 Å². The van der Waals surface area contributed by atoms with Gasteiger partial charge in [-0.05, 0) is 36.6 Å². The minimum Gasteiger partial charge on any atom is -0.370 e. The first kappa shape index (κ1) is 22.9. The van der Waals surface area contributed by atoms with E-state index in [-0.39, 0.29) is 30.0 Å². The SMILES string of the molecule is O=C(Cn1c(Cl)cnc(NCCc2ccc3c(n2)NCCC3)c1=O)NCc1cc2cc[nH]c2cn1. The lowest BCUT2D eigenvalue weighted by molar-refractivity contribution is -0.121. The van der Waals surface area contributed by atoms with E-state index in [1.54, 1.807) is 6.20 Å². The van der Waals surface area contributed by atoms with Crippen molar-refractivity contribution in [3.63, 3.8) is 0 Å². The first-order valence-electron chi connectivity index (χ1n) is 11.5. The molecule has 0 saturated carbocycles. The number of rotatable bonds is 8. The van der Waals surface area contributed by atoms with Gasteiger partial charge in [0, 0.05) is 36.8 Å². The molecule has 4 aromatic rings. The smallest absolute Gasteiger partial charge is 0.294 e. The number of fused-ring (bicyclic) bond motifs is 2. The van der Waals surface area contributed by atoms with E-state index in [1.807, 2.05) is 24.4 Å². The first-order valence-corrected chi connectivity index (χ1v) is 11.9. The minimum absolute atomic E-state index is 0.0880. The lowest BCUT2D eigenvalue weighted by Gasteiger charge is -2.17. The van der Waals surface area contributed by atoms with E-state index in [0.29, 0.717) is 18.7 Å². The standard InChI is InChI=1S/C24H25ClN8O2/c25-20-13-31-23(28-9-6-17-4-3-15-2-1-7-27-22(15)32-17)24(35)33(20)14-21(34)30-11-18-10-16-5-8-26-19(16)12-29-18/h3-5,8,10,12-13,26H,1-2,6-7,9,11,14H2,(H,27,32)(H,28,31)(H,30,34). The summed E-state index contributed by atoms with van der Waals surface area (Å²) in [5.74, 6) is 0.723. The third-order valence-corrected chi connectivity index (χ3v) is 6.20. The quantitative estimate of drug-likeness (QED) is 0.297. The zero-order valence-electron chi connectivity index (χ0n) is 19.0. The van der Waals surface area contributed by atoms with Crippen LogP contribution in [0, 0.1) is 0 Å².